The molecule has 2 N–H and O–H groups in total. The third-order valence-corrected chi connectivity index (χ3v) is 3.85. The van der Waals surface area contributed by atoms with Gasteiger partial charge in [0.25, 0.3) is 0 Å². The Labute approximate surface area is 125 Å². The van der Waals surface area contributed by atoms with Crippen LogP contribution in [0.15, 0.2) is 30.3 Å². The smallest absolute Gasteiger partial charge is 0.312 e. The second-order valence-electron chi connectivity index (χ2n) is 5.22. The summed E-state index contributed by atoms with van der Waals surface area (Å²) in [7, 11) is 0. The first-order valence-electron chi connectivity index (χ1n) is 6.78. The molecule has 112 valence electrons. The van der Waals surface area contributed by atoms with Gasteiger partial charge in [-0.1, -0.05) is 6.07 Å². The maximum absolute atomic E-state index is 11.8. The first kappa shape index (κ1) is 12.8. The minimum Gasteiger partial charge on any atom is -0.508 e. The lowest BCUT2D eigenvalue weighted by Crippen LogP contribution is -2.21. The van der Waals surface area contributed by atoms with Crippen molar-refractivity contribution < 1.29 is 29.2 Å². The quantitative estimate of drug-likeness (QED) is 0.621. The Hall–Kier alpha value is -2.89. The molecule has 22 heavy (non-hydrogen) atoms. The Balaban J connectivity index is 1.85. The van der Waals surface area contributed by atoms with Gasteiger partial charge < -0.3 is 24.4 Å². The molecule has 0 spiro atoms. The van der Waals surface area contributed by atoms with Crippen molar-refractivity contribution in [2.24, 2.45) is 0 Å². The number of hydrogen-bond acceptors (Lipinski definition) is 6. The molecule has 0 amide bonds. The van der Waals surface area contributed by atoms with Gasteiger partial charge in [0.2, 0.25) is 6.79 Å². The highest BCUT2D eigenvalue weighted by atomic mass is 16.7. The molecule has 4 rings (SSSR count). The highest BCUT2D eigenvalue weighted by molar-refractivity contribution is 5.79. The minimum atomic E-state index is -0.417. The zero-order valence-electron chi connectivity index (χ0n) is 11.4. The summed E-state index contributed by atoms with van der Waals surface area (Å²) in [5.74, 6) is 0.386. The number of phenols is 2. The lowest BCUT2D eigenvalue weighted by molar-refractivity contribution is -0.135. The van der Waals surface area contributed by atoms with E-state index in [4.69, 9.17) is 14.2 Å². The third-order valence-electron chi connectivity index (χ3n) is 3.85. The number of carbonyl (C=O) groups is 1. The normalized spacial score (nSPS) is 18.7. The monoisotopic (exact) mass is 300 g/mol. The summed E-state index contributed by atoms with van der Waals surface area (Å²) < 4.78 is 15.8. The second kappa shape index (κ2) is 4.56. The van der Waals surface area contributed by atoms with Crippen LogP contribution in [0.1, 0.15) is 23.5 Å². The van der Waals surface area contributed by atoms with Crippen molar-refractivity contribution in [3.63, 3.8) is 0 Å². The van der Waals surface area contributed by atoms with Gasteiger partial charge in [-0.15, -0.1) is 0 Å². The van der Waals surface area contributed by atoms with Crippen molar-refractivity contribution in [3.05, 3.63) is 41.5 Å². The number of phenolic OH excluding ortho intramolecular Hbond substituents is 2. The minimum absolute atomic E-state index is 0.102. The molecule has 0 unspecified atom stereocenters. The van der Waals surface area contributed by atoms with Crippen molar-refractivity contribution in [1.82, 2.24) is 0 Å². The molecular formula is C16H12O6. The highest BCUT2D eigenvalue weighted by Crippen LogP contribution is 2.47. The number of aromatic hydroxyl groups is 2. The molecular weight excluding hydrogens is 288 g/mol. The van der Waals surface area contributed by atoms with Crippen LogP contribution in [0.5, 0.6) is 28.7 Å². The molecule has 6 nitrogen and oxygen atoms in total. The van der Waals surface area contributed by atoms with Crippen LogP contribution in [0, 0.1) is 0 Å². The number of esters is 1. The van der Waals surface area contributed by atoms with Crippen LogP contribution in [-0.2, 0) is 4.79 Å². The van der Waals surface area contributed by atoms with Gasteiger partial charge in [0.15, 0.2) is 11.5 Å². The van der Waals surface area contributed by atoms with E-state index < -0.39 is 5.97 Å². The summed E-state index contributed by atoms with van der Waals surface area (Å²) in [5, 5.41) is 19.7. The van der Waals surface area contributed by atoms with Gasteiger partial charge in [-0.05, 0) is 17.7 Å². The van der Waals surface area contributed by atoms with Gasteiger partial charge in [0.1, 0.15) is 17.2 Å². The number of rotatable bonds is 1. The number of fused-ring (bicyclic) bond motifs is 2. The van der Waals surface area contributed by atoms with Crippen molar-refractivity contribution in [2.45, 2.75) is 12.3 Å². The Morgan fingerprint density at radius 1 is 1.00 bits per heavy atom. The molecule has 2 aromatic carbocycles. The van der Waals surface area contributed by atoms with Crippen LogP contribution in [0.4, 0.5) is 0 Å². The average Bonchev–Trinajstić information content (AvgIpc) is 2.92. The predicted octanol–water partition coefficient (Wildman–Crippen LogP) is 2.27. The summed E-state index contributed by atoms with van der Waals surface area (Å²) >= 11 is 0. The van der Waals surface area contributed by atoms with Gasteiger partial charge in [-0.2, -0.15) is 0 Å². The number of carbonyl (C=O) groups excluding carboxylic acids is 1. The average molecular weight is 300 g/mol. The molecule has 0 bridgehead atoms. The zero-order valence-corrected chi connectivity index (χ0v) is 11.4. The number of ether oxygens (including phenoxy) is 3. The predicted molar refractivity (Wildman–Crippen MR) is 74.4 cm³/mol. The topological polar surface area (TPSA) is 85.2 Å². The van der Waals surface area contributed by atoms with E-state index in [1.54, 1.807) is 12.1 Å². The fourth-order valence-corrected chi connectivity index (χ4v) is 2.88. The number of benzene rings is 2. The van der Waals surface area contributed by atoms with Gasteiger partial charge >= 0.3 is 5.97 Å². The molecule has 2 aliphatic heterocycles. The van der Waals surface area contributed by atoms with E-state index in [1.165, 1.54) is 12.1 Å². The Bertz CT molecular complexity index is 782. The molecule has 0 aromatic heterocycles. The van der Waals surface area contributed by atoms with E-state index >= 15 is 0 Å². The van der Waals surface area contributed by atoms with Crippen molar-refractivity contribution in [2.75, 3.05) is 6.79 Å². The summed E-state index contributed by atoms with van der Waals surface area (Å²) in [5.41, 5.74) is 1.29. The molecule has 6 heteroatoms. The number of hydrogen-bond donors (Lipinski definition) is 2. The Morgan fingerprint density at radius 2 is 1.82 bits per heavy atom. The first-order valence-corrected chi connectivity index (χ1v) is 6.78. The largest absolute Gasteiger partial charge is 0.508 e. The van der Waals surface area contributed by atoms with Crippen LogP contribution in [0.2, 0.25) is 0 Å². The van der Waals surface area contributed by atoms with E-state index in [2.05, 4.69) is 0 Å². The molecule has 2 heterocycles. The lowest BCUT2D eigenvalue weighted by Gasteiger charge is -2.25. The first-order chi connectivity index (χ1) is 10.6. The van der Waals surface area contributed by atoms with E-state index in [-0.39, 0.29) is 36.4 Å². The molecule has 0 fully saturated rings. The van der Waals surface area contributed by atoms with Crippen molar-refractivity contribution in [1.29, 1.82) is 0 Å². The molecule has 1 atom stereocenters. The van der Waals surface area contributed by atoms with Gasteiger partial charge in [0, 0.05) is 23.6 Å². The Morgan fingerprint density at radius 3 is 2.68 bits per heavy atom. The van der Waals surface area contributed by atoms with E-state index in [0.717, 1.165) is 5.56 Å². The van der Waals surface area contributed by atoms with Crippen LogP contribution in [0.3, 0.4) is 0 Å². The van der Waals surface area contributed by atoms with Crippen LogP contribution < -0.4 is 14.2 Å². The fourth-order valence-electron chi connectivity index (χ4n) is 2.88. The van der Waals surface area contributed by atoms with Gasteiger partial charge in [-0.3, -0.25) is 4.79 Å². The SMILES string of the molecule is O=C1C[C@@H](c2ccc3c(c2)OCO3)c2c(O)cc(O)cc2O1. The third kappa shape index (κ3) is 1.92. The van der Waals surface area contributed by atoms with Crippen LogP contribution in [-0.4, -0.2) is 23.0 Å². The molecule has 0 aliphatic carbocycles. The van der Waals surface area contributed by atoms with Gasteiger partial charge in [0.05, 0.1) is 6.42 Å². The lowest BCUT2D eigenvalue weighted by atomic mass is 9.85. The Kier molecular flexibility index (Phi) is 2.66. The van der Waals surface area contributed by atoms with Crippen LogP contribution in [0.25, 0.3) is 0 Å². The molecule has 2 aliphatic rings. The standard InChI is InChI=1S/C16H12O6/c17-9-4-11(18)16-10(6-15(19)22-14(16)5-9)8-1-2-12-13(3-8)21-7-20-12/h1-5,10,17-18H,6-7H2/t10-/m0/s1. The summed E-state index contributed by atoms with van der Waals surface area (Å²) in [4.78, 5) is 11.8. The van der Waals surface area contributed by atoms with E-state index in [1.807, 2.05) is 6.07 Å². The van der Waals surface area contributed by atoms with Crippen LogP contribution >= 0.6 is 0 Å². The van der Waals surface area contributed by atoms with E-state index in [9.17, 15) is 15.0 Å². The van der Waals surface area contributed by atoms with E-state index in [0.29, 0.717) is 17.1 Å². The summed E-state index contributed by atoms with van der Waals surface area (Å²) in [6, 6.07) is 7.95. The highest BCUT2D eigenvalue weighted by Gasteiger charge is 2.32. The van der Waals surface area contributed by atoms with Gasteiger partial charge in [-0.25, -0.2) is 0 Å². The maximum Gasteiger partial charge on any atom is 0.312 e. The molecule has 0 saturated heterocycles. The molecule has 0 radical (unpaired) electrons. The molecule has 2 aromatic rings. The van der Waals surface area contributed by atoms with Crippen molar-refractivity contribution >= 4 is 5.97 Å². The summed E-state index contributed by atoms with van der Waals surface area (Å²) in [6.45, 7) is 0.168. The summed E-state index contributed by atoms with van der Waals surface area (Å²) in [6.07, 6.45) is 0.102. The zero-order chi connectivity index (χ0) is 15.3. The second-order valence-corrected chi connectivity index (χ2v) is 5.22. The molecule has 0 saturated carbocycles. The fraction of sp³-hybridized carbons (Fsp3) is 0.188. The van der Waals surface area contributed by atoms with Crippen molar-refractivity contribution in [3.8, 4) is 28.7 Å². The maximum atomic E-state index is 11.8.